The van der Waals surface area contributed by atoms with E-state index in [0.29, 0.717) is 5.69 Å². The van der Waals surface area contributed by atoms with Crippen molar-refractivity contribution >= 4 is 5.69 Å². The number of aryl methyl sites for hydroxylation is 4. The Morgan fingerprint density at radius 3 is 2.24 bits per heavy atom. The Labute approximate surface area is 124 Å². The zero-order chi connectivity index (χ0) is 15.1. The third kappa shape index (κ3) is 2.44. The predicted molar refractivity (Wildman–Crippen MR) is 84.6 cm³/mol. The quantitative estimate of drug-likeness (QED) is 0.773. The molecule has 108 valence electrons. The number of nitrogens with two attached hydrogens (primary N) is 1. The van der Waals surface area contributed by atoms with Crippen LogP contribution in [-0.4, -0.2) is 9.78 Å². The first kappa shape index (κ1) is 13.5. The minimum Gasteiger partial charge on any atom is -0.466 e. The van der Waals surface area contributed by atoms with Gasteiger partial charge in [-0.2, -0.15) is 5.10 Å². The lowest BCUT2D eigenvalue weighted by Gasteiger charge is -2.04. The van der Waals surface area contributed by atoms with E-state index in [2.05, 4.69) is 37.1 Å². The van der Waals surface area contributed by atoms with Crippen LogP contribution in [0.25, 0.3) is 16.9 Å². The highest BCUT2D eigenvalue weighted by Crippen LogP contribution is 2.30. The number of nitrogens with zero attached hydrogens (tertiary/aromatic N) is 2. The first-order valence-corrected chi connectivity index (χ1v) is 6.95. The molecule has 2 heterocycles. The minimum absolute atomic E-state index is 0.651. The Bertz CT molecular complexity index is 791. The van der Waals surface area contributed by atoms with Crippen LogP contribution in [0.4, 0.5) is 5.69 Å². The molecule has 21 heavy (non-hydrogen) atoms. The van der Waals surface area contributed by atoms with Crippen molar-refractivity contribution in [2.45, 2.75) is 27.7 Å². The highest BCUT2D eigenvalue weighted by Gasteiger charge is 2.15. The Hall–Kier alpha value is -2.49. The number of furan rings is 1. The van der Waals surface area contributed by atoms with E-state index < -0.39 is 0 Å². The lowest BCUT2D eigenvalue weighted by molar-refractivity contribution is 0.505. The molecule has 0 atom stereocenters. The van der Waals surface area contributed by atoms with Crippen molar-refractivity contribution in [2.75, 3.05) is 5.73 Å². The van der Waals surface area contributed by atoms with Crippen molar-refractivity contribution in [1.29, 1.82) is 0 Å². The number of anilines is 1. The lowest BCUT2D eigenvalue weighted by atomic mass is 10.1. The van der Waals surface area contributed by atoms with Crippen LogP contribution >= 0.6 is 0 Å². The average molecular weight is 281 g/mol. The van der Waals surface area contributed by atoms with Crippen LogP contribution in [0.3, 0.4) is 0 Å². The normalized spacial score (nSPS) is 11.0. The van der Waals surface area contributed by atoms with Gasteiger partial charge in [-0.15, -0.1) is 0 Å². The molecule has 4 nitrogen and oxygen atoms in total. The van der Waals surface area contributed by atoms with Crippen LogP contribution < -0.4 is 5.73 Å². The van der Waals surface area contributed by atoms with Gasteiger partial charge < -0.3 is 10.2 Å². The molecule has 0 fully saturated rings. The monoisotopic (exact) mass is 281 g/mol. The fourth-order valence-electron chi connectivity index (χ4n) is 2.68. The van der Waals surface area contributed by atoms with Gasteiger partial charge in [0, 0.05) is 5.56 Å². The van der Waals surface area contributed by atoms with Crippen LogP contribution in [0.1, 0.15) is 22.6 Å². The predicted octanol–water partition coefficient (Wildman–Crippen LogP) is 3.95. The van der Waals surface area contributed by atoms with Crippen molar-refractivity contribution in [1.82, 2.24) is 9.78 Å². The standard InChI is InChI=1S/C17H19N3O/c1-10-5-11(2)7-14(6-10)20-9-16(18)17(19-20)15-8-12(3)21-13(15)4/h5-9H,18H2,1-4H3. The molecule has 0 saturated carbocycles. The molecule has 4 heteroatoms. The third-order valence-electron chi connectivity index (χ3n) is 3.51. The van der Waals surface area contributed by atoms with E-state index in [-0.39, 0.29) is 0 Å². The summed E-state index contributed by atoms with van der Waals surface area (Å²) in [6, 6.07) is 8.30. The van der Waals surface area contributed by atoms with Crippen molar-refractivity contribution < 1.29 is 4.42 Å². The summed E-state index contributed by atoms with van der Waals surface area (Å²) < 4.78 is 7.40. The lowest BCUT2D eigenvalue weighted by Crippen LogP contribution is -1.96. The molecule has 0 spiro atoms. The fraction of sp³-hybridized carbons (Fsp3) is 0.235. The second-order valence-corrected chi connectivity index (χ2v) is 5.55. The smallest absolute Gasteiger partial charge is 0.119 e. The van der Waals surface area contributed by atoms with E-state index in [0.717, 1.165) is 28.5 Å². The van der Waals surface area contributed by atoms with Crippen molar-refractivity contribution in [3.63, 3.8) is 0 Å². The van der Waals surface area contributed by atoms with E-state index in [1.165, 1.54) is 11.1 Å². The molecule has 0 aliphatic heterocycles. The molecule has 0 aliphatic rings. The largest absolute Gasteiger partial charge is 0.466 e. The Morgan fingerprint density at radius 1 is 1.00 bits per heavy atom. The second kappa shape index (κ2) is 4.81. The van der Waals surface area contributed by atoms with Gasteiger partial charge in [0.15, 0.2) is 0 Å². The summed E-state index contributed by atoms with van der Waals surface area (Å²) >= 11 is 0. The summed E-state index contributed by atoms with van der Waals surface area (Å²) in [7, 11) is 0. The Morgan fingerprint density at radius 2 is 1.67 bits per heavy atom. The molecule has 3 rings (SSSR count). The summed E-state index contributed by atoms with van der Waals surface area (Å²) in [5.41, 5.74) is 11.9. The molecule has 3 aromatic rings. The molecule has 0 amide bonds. The van der Waals surface area contributed by atoms with Crippen molar-refractivity contribution in [2.24, 2.45) is 0 Å². The van der Waals surface area contributed by atoms with Crippen molar-refractivity contribution in [3.8, 4) is 16.9 Å². The van der Waals surface area contributed by atoms with Gasteiger partial charge in [0.1, 0.15) is 17.2 Å². The summed E-state index contributed by atoms with van der Waals surface area (Å²) in [5.74, 6) is 1.70. The van der Waals surface area contributed by atoms with Gasteiger partial charge in [-0.05, 0) is 57.0 Å². The molecule has 0 radical (unpaired) electrons. The maximum absolute atomic E-state index is 6.14. The maximum Gasteiger partial charge on any atom is 0.119 e. The molecule has 0 saturated heterocycles. The van der Waals surface area contributed by atoms with Gasteiger partial charge in [0.05, 0.1) is 17.6 Å². The van der Waals surface area contributed by atoms with Crippen LogP contribution in [-0.2, 0) is 0 Å². The third-order valence-corrected chi connectivity index (χ3v) is 3.51. The summed E-state index contributed by atoms with van der Waals surface area (Å²) in [5, 5.41) is 4.64. The van der Waals surface area contributed by atoms with E-state index in [9.17, 15) is 0 Å². The number of rotatable bonds is 2. The zero-order valence-electron chi connectivity index (χ0n) is 12.8. The SMILES string of the molecule is Cc1cc(C)cc(-n2cc(N)c(-c3cc(C)oc3C)n2)c1. The average Bonchev–Trinajstić information content (AvgIpc) is 2.91. The Balaban J connectivity index is 2.11. The summed E-state index contributed by atoms with van der Waals surface area (Å²) in [4.78, 5) is 0. The van der Waals surface area contributed by atoms with Gasteiger partial charge in [0.25, 0.3) is 0 Å². The van der Waals surface area contributed by atoms with Gasteiger partial charge in [-0.25, -0.2) is 4.68 Å². The number of hydrogen-bond acceptors (Lipinski definition) is 3. The van der Waals surface area contributed by atoms with Crippen molar-refractivity contribution in [3.05, 3.63) is 53.1 Å². The number of hydrogen-bond donors (Lipinski definition) is 1. The fourth-order valence-corrected chi connectivity index (χ4v) is 2.68. The van der Waals surface area contributed by atoms with E-state index in [1.807, 2.05) is 30.8 Å². The number of nitrogen functional groups attached to an aromatic ring is 1. The van der Waals surface area contributed by atoms with Gasteiger partial charge in [-0.1, -0.05) is 6.07 Å². The topological polar surface area (TPSA) is 57.0 Å². The summed E-state index contributed by atoms with van der Waals surface area (Å²) in [6.07, 6.45) is 1.85. The molecule has 2 N–H and O–H groups in total. The summed E-state index contributed by atoms with van der Waals surface area (Å²) in [6.45, 7) is 8.01. The molecule has 0 bridgehead atoms. The molecular formula is C17H19N3O. The molecule has 1 aromatic carbocycles. The first-order chi connectivity index (χ1) is 9.94. The van der Waals surface area contributed by atoms with E-state index >= 15 is 0 Å². The molecule has 0 unspecified atom stereocenters. The van der Waals surface area contributed by atoms with Gasteiger partial charge >= 0.3 is 0 Å². The van der Waals surface area contributed by atoms with Crippen LogP contribution in [0.5, 0.6) is 0 Å². The van der Waals surface area contributed by atoms with Crippen LogP contribution in [0.2, 0.25) is 0 Å². The molecule has 2 aromatic heterocycles. The van der Waals surface area contributed by atoms with Gasteiger partial charge in [0.2, 0.25) is 0 Å². The van der Waals surface area contributed by atoms with Gasteiger partial charge in [-0.3, -0.25) is 0 Å². The van der Waals surface area contributed by atoms with E-state index in [4.69, 9.17) is 10.2 Å². The zero-order valence-corrected chi connectivity index (χ0v) is 12.8. The highest BCUT2D eigenvalue weighted by molar-refractivity contribution is 5.74. The highest BCUT2D eigenvalue weighted by atomic mass is 16.3. The molecular weight excluding hydrogens is 262 g/mol. The van der Waals surface area contributed by atoms with Crippen LogP contribution in [0.15, 0.2) is 34.9 Å². The van der Waals surface area contributed by atoms with E-state index in [1.54, 1.807) is 0 Å². The Kier molecular flexibility index (Phi) is 3.09. The maximum atomic E-state index is 6.14. The number of aromatic nitrogens is 2. The number of benzene rings is 1. The first-order valence-electron chi connectivity index (χ1n) is 6.95. The molecule has 0 aliphatic carbocycles. The van der Waals surface area contributed by atoms with Crippen LogP contribution in [0, 0.1) is 27.7 Å². The minimum atomic E-state index is 0.651. The second-order valence-electron chi connectivity index (χ2n) is 5.55.